The van der Waals surface area contributed by atoms with Crippen LogP contribution in [-0.4, -0.2) is 48.0 Å². The highest BCUT2D eigenvalue weighted by atomic mass is 16.2. The molecular formula is C25H27N5O2. The second kappa shape index (κ2) is 9.51. The van der Waals surface area contributed by atoms with E-state index >= 15 is 0 Å². The van der Waals surface area contributed by atoms with Crippen LogP contribution in [0.4, 0.5) is 22.0 Å². The minimum Gasteiger partial charge on any atom is -0.369 e. The van der Waals surface area contributed by atoms with E-state index in [0.717, 1.165) is 36.3 Å². The van der Waals surface area contributed by atoms with Gasteiger partial charge in [0, 0.05) is 50.2 Å². The second-order valence-corrected chi connectivity index (χ2v) is 7.94. The summed E-state index contributed by atoms with van der Waals surface area (Å²) in [5, 5.41) is 5.59. The lowest BCUT2D eigenvalue weighted by atomic mass is 10.1. The van der Waals surface area contributed by atoms with Crippen LogP contribution < -0.4 is 15.5 Å². The van der Waals surface area contributed by atoms with Crippen molar-refractivity contribution in [2.24, 2.45) is 0 Å². The summed E-state index contributed by atoms with van der Waals surface area (Å²) in [6.07, 6.45) is 2.70. The minimum atomic E-state index is -0.345. The Bertz CT molecular complexity index is 1070. The molecule has 3 aromatic rings. The molecule has 0 bridgehead atoms. The third kappa shape index (κ3) is 5.06. The first kappa shape index (κ1) is 21.4. The van der Waals surface area contributed by atoms with Gasteiger partial charge in [0.2, 0.25) is 5.91 Å². The highest BCUT2D eigenvalue weighted by Gasteiger charge is 2.27. The molecule has 1 aromatic heterocycles. The van der Waals surface area contributed by atoms with Crippen LogP contribution >= 0.6 is 0 Å². The van der Waals surface area contributed by atoms with Crippen molar-refractivity contribution in [3.63, 3.8) is 0 Å². The molecule has 1 aliphatic heterocycles. The number of nitrogens with one attached hydrogen (secondary N) is 2. The fourth-order valence-corrected chi connectivity index (χ4v) is 3.85. The first-order chi connectivity index (χ1) is 15.5. The molecule has 2 aromatic carbocycles. The Morgan fingerprint density at radius 2 is 1.72 bits per heavy atom. The summed E-state index contributed by atoms with van der Waals surface area (Å²) in [7, 11) is 1.85. The number of urea groups is 1. The standard InChI is InChI=1S/C25H27N5O2/c1-18(31)29(2)23-14-15-30(17-23)22-11-9-21(10-12-22)27-25(32)28-24-13-8-20(16-26-24)19-6-4-3-5-7-19/h3-13,16,23H,14-15,17H2,1-2H3,(H2,26,27,28,32). The third-order valence-electron chi connectivity index (χ3n) is 5.81. The van der Waals surface area contributed by atoms with E-state index < -0.39 is 0 Å². The number of nitrogens with zero attached hydrogens (tertiary/aromatic N) is 3. The van der Waals surface area contributed by atoms with Gasteiger partial charge >= 0.3 is 6.03 Å². The Labute approximate surface area is 188 Å². The third-order valence-corrected chi connectivity index (χ3v) is 5.81. The lowest BCUT2D eigenvalue weighted by Gasteiger charge is -2.24. The van der Waals surface area contributed by atoms with Crippen molar-refractivity contribution in [1.82, 2.24) is 9.88 Å². The van der Waals surface area contributed by atoms with E-state index in [2.05, 4.69) is 20.5 Å². The van der Waals surface area contributed by atoms with Crippen molar-refractivity contribution in [2.75, 3.05) is 35.7 Å². The summed E-state index contributed by atoms with van der Waals surface area (Å²) >= 11 is 0. The molecule has 2 N–H and O–H groups in total. The lowest BCUT2D eigenvalue weighted by molar-refractivity contribution is -0.129. The van der Waals surface area contributed by atoms with Gasteiger partial charge in [-0.1, -0.05) is 30.3 Å². The number of carbonyl (C=O) groups excluding carboxylic acids is 2. The fourth-order valence-electron chi connectivity index (χ4n) is 3.85. The molecule has 1 saturated heterocycles. The van der Waals surface area contributed by atoms with E-state index in [1.54, 1.807) is 24.1 Å². The molecule has 3 amide bonds. The van der Waals surface area contributed by atoms with Crippen LogP contribution in [0.3, 0.4) is 0 Å². The zero-order valence-electron chi connectivity index (χ0n) is 18.3. The van der Waals surface area contributed by atoms with E-state index in [9.17, 15) is 9.59 Å². The van der Waals surface area contributed by atoms with Gasteiger partial charge in [-0.3, -0.25) is 10.1 Å². The summed E-state index contributed by atoms with van der Waals surface area (Å²) in [4.78, 5) is 32.3. The van der Waals surface area contributed by atoms with E-state index in [1.165, 1.54) is 0 Å². The average Bonchev–Trinajstić information content (AvgIpc) is 3.30. The zero-order chi connectivity index (χ0) is 22.5. The Morgan fingerprint density at radius 3 is 2.38 bits per heavy atom. The van der Waals surface area contributed by atoms with E-state index in [-0.39, 0.29) is 18.0 Å². The van der Waals surface area contributed by atoms with Gasteiger partial charge in [0.15, 0.2) is 0 Å². The molecule has 4 rings (SSSR count). The molecule has 2 heterocycles. The quantitative estimate of drug-likeness (QED) is 0.628. The smallest absolute Gasteiger partial charge is 0.324 e. The Morgan fingerprint density at radius 1 is 0.969 bits per heavy atom. The van der Waals surface area contributed by atoms with Crippen LogP contribution in [0.15, 0.2) is 72.9 Å². The molecule has 0 radical (unpaired) electrons. The molecule has 1 aliphatic rings. The molecule has 1 atom stereocenters. The van der Waals surface area contributed by atoms with Gasteiger partial charge in [-0.2, -0.15) is 0 Å². The topological polar surface area (TPSA) is 77.6 Å². The summed E-state index contributed by atoms with van der Waals surface area (Å²) in [5.74, 6) is 0.572. The Hall–Kier alpha value is -3.87. The molecule has 0 spiro atoms. The van der Waals surface area contributed by atoms with Gasteiger partial charge < -0.3 is 15.1 Å². The number of anilines is 3. The first-order valence-electron chi connectivity index (χ1n) is 10.7. The molecule has 0 aliphatic carbocycles. The van der Waals surface area contributed by atoms with Gasteiger partial charge in [0.25, 0.3) is 0 Å². The number of benzene rings is 2. The predicted molar refractivity (Wildman–Crippen MR) is 128 cm³/mol. The minimum absolute atomic E-state index is 0.0894. The maximum absolute atomic E-state index is 12.3. The maximum atomic E-state index is 12.3. The molecule has 1 unspecified atom stereocenters. The highest BCUT2D eigenvalue weighted by Crippen LogP contribution is 2.24. The molecule has 1 fully saturated rings. The summed E-state index contributed by atoms with van der Waals surface area (Å²) < 4.78 is 0. The van der Waals surface area contributed by atoms with Crippen molar-refractivity contribution >= 4 is 29.1 Å². The molecule has 32 heavy (non-hydrogen) atoms. The number of carbonyl (C=O) groups is 2. The van der Waals surface area contributed by atoms with Gasteiger partial charge in [-0.15, -0.1) is 0 Å². The summed E-state index contributed by atoms with van der Waals surface area (Å²) in [6, 6.07) is 21.3. The van der Waals surface area contributed by atoms with Gasteiger partial charge in [-0.25, -0.2) is 9.78 Å². The van der Waals surface area contributed by atoms with Crippen molar-refractivity contribution in [2.45, 2.75) is 19.4 Å². The Kier molecular flexibility index (Phi) is 6.35. The van der Waals surface area contributed by atoms with Gasteiger partial charge in [0.05, 0.1) is 6.04 Å². The number of likely N-dealkylation sites (N-methyl/N-ethyl adjacent to an activating group) is 1. The van der Waals surface area contributed by atoms with Gasteiger partial charge in [-0.05, 0) is 48.4 Å². The fraction of sp³-hybridized carbons (Fsp3) is 0.240. The number of pyridine rings is 1. The van der Waals surface area contributed by atoms with Crippen LogP contribution in [0, 0.1) is 0 Å². The number of aromatic nitrogens is 1. The molecule has 164 valence electrons. The largest absolute Gasteiger partial charge is 0.369 e. The highest BCUT2D eigenvalue weighted by molar-refractivity contribution is 5.99. The molecule has 7 heteroatoms. The van der Waals surface area contributed by atoms with Crippen molar-refractivity contribution in [3.05, 3.63) is 72.9 Å². The van der Waals surface area contributed by atoms with Crippen molar-refractivity contribution in [1.29, 1.82) is 0 Å². The second-order valence-electron chi connectivity index (χ2n) is 7.94. The van der Waals surface area contributed by atoms with Crippen LogP contribution in [0.2, 0.25) is 0 Å². The van der Waals surface area contributed by atoms with Crippen molar-refractivity contribution in [3.8, 4) is 11.1 Å². The molecule has 0 saturated carbocycles. The molecule has 7 nitrogen and oxygen atoms in total. The van der Waals surface area contributed by atoms with Crippen LogP contribution in [0.5, 0.6) is 0 Å². The van der Waals surface area contributed by atoms with Crippen LogP contribution in [-0.2, 0) is 4.79 Å². The van der Waals surface area contributed by atoms with Crippen LogP contribution in [0.25, 0.3) is 11.1 Å². The summed E-state index contributed by atoms with van der Waals surface area (Å²) in [6.45, 7) is 3.31. The number of hydrogen-bond acceptors (Lipinski definition) is 4. The van der Waals surface area contributed by atoms with Crippen LogP contribution in [0.1, 0.15) is 13.3 Å². The first-order valence-corrected chi connectivity index (χ1v) is 10.7. The number of hydrogen-bond donors (Lipinski definition) is 2. The predicted octanol–water partition coefficient (Wildman–Crippen LogP) is 4.45. The van der Waals surface area contributed by atoms with E-state index in [1.807, 2.05) is 67.7 Å². The number of amides is 3. The van der Waals surface area contributed by atoms with E-state index in [4.69, 9.17) is 0 Å². The zero-order valence-corrected chi connectivity index (χ0v) is 18.3. The number of rotatable bonds is 5. The van der Waals surface area contributed by atoms with Crippen molar-refractivity contribution < 1.29 is 9.59 Å². The maximum Gasteiger partial charge on any atom is 0.324 e. The monoisotopic (exact) mass is 429 g/mol. The normalized spacial score (nSPS) is 15.3. The Balaban J connectivity index is 1.31. The van der Waals surface area contributed by atoms with Gasteiger partial charge in [0.1, 0.15) is 5.82 Å². The van der Waals surface area contributed by atoms with E-state index in [0.29, 0.717) is 11.5 Å². The molecular weight excluding hydrogens is 402 g/mol. The summed E-state index contributed by atoms with van der Waals surface area (Å²) in [5.41, 5.74) is 3.84. The lowest BCUT2D eigenvalue weighted by Crippen LogP contribution is -2.37. The SMILES string of the molecule is CC(=O)N(C)C1CCN(c2ccc(NC(=O)Nc3ccc(-c4ccccc4)cn3)cc2)C1. The average molecular weight is 430 g/mol.